The Morgan fingerprint density at radius 3 is 2.78 bits per heavy atom. The average molecular weight is 340 g/mol. The first kappa shape index (κ1) is 15.6. The van der Waals surface area contributed by atoms with Gasteiger partial charge in [0.05, 0.1) is 11.5 Å². The molecule has 1 rings (SSSR count). The second kappa shape index (κ2) is 7.18. The zero-order chi connectivity index (χ0) is 13.6. The monoisotopic (exact) mass is 339 g/mol. The fourth-order valence-electron chi connectivity index (χ4n) is 1.43. The van der Waals surface area contributed by atoms with Crippen molar-refractivity contribution in [2.75, 3.05) is 19.0 Å². The average Bonchev–Trinajstić information content (AvgIpc) is 2.29. The summed E-state index contributed by atoms with van der Waals surface area (Å²) in [5, 5.41) is 0.646. The van der Waals surface area contributed by atoms with E-state index in [1.54, 1.807) is 0 Å². The van der Waals surface area contributed by atoms with E-state index in [4.69, 9.17) is 4.74 Å². The molecule has 0 heterocycles. The third-order valence-electron chi connectivity index (χ3n) is 2.25. The molecule has 1 N–H and O–H groups in total. The van der Waals surface area contributed by atoms with Gasteiger partial charge in [0.15, 0.2) is 0 Å². The molecular formula is C11H15BrFNO3S. The van der Waals surface area contributed by atoms with Crippen LogP contribution in [0.2, 0.25) is 0 Å². The molecule has 0 aliphatic carbocycles. The molecule has 0 aromatic heterocycles. The summed E-state index contributed by atoms with van der Waals surface area (Å²) in [6.45, 7) is 0.264. The third-order valence-corrected chi connectivity index (χ3v) is 4.23. The zero-order valence-corrected chi connectivity index (χ0v) is 12.3. The molecule has 0 saturated heterocycles. The molecular weight excluding hydrogens is 325 g/mol. The number of sulfonamides is 1. The summed E-state index contributed by atoms with van der Waals surface area (Å²) in [7, 11) is -2.22. The van der Waals surface area contributed by atoms with Crippen molar-refractivity contribution in [2.24, 2.45) is 0 Å². The number of hydrogen-bond donors (Lipinski definition) is 1. The Labute approximate surface area is 115 Å². The number of halogens is 2. The molecule has 18 heavy (non-hydrogen) atoms. The van der Waals surface area contributed by atoms with Gasteiger partial charge in [0, 0.05) is 18.5 Å². The second-order valence-electron chi connectivity index (χ2n) is 3.71. The molecule has 102 valence electrons. The molecule has 4 nitrogen and oxygen atoms in total. The van der Waals surface area contributed by atoms with Gasteiger partial charge in [-0.1, -0.05) is 22.0 Å². The minimum Gasteiger partial charge on any atom is -0.383 e. The van der Waals surface area contributed by atoms with Gasteiger partial charge >= 0.3 is 0 Å². The van der Waals surface area contributed by atoms with Gasteiger partial charge in [-0.05, 0) is 24.6 Å². The van der Waals surface area contributed by atoms with Gasteiger partial charge in [-0.15, -0.1) is 0 Å². The van der Waals surface area contributed by atoms with E-state index in [0.717, 1.165) is 6.07 Å². The lowest BCUT2D eigenvalue weighted by Gasteiger charge is -2.16. The van der Waals surface area contributed by atoms with Crippen LogP contribution in [0.25, 0.3) is 0 Å². The molecule has 0 aliphatic rings. The minimum absolute atomic E-state index is 0.0850. The summed E-state index contributed by atoms with van der Waals surface area (Å²) in [6, 6.07) is 4.55. The third kappa shape index (κ3) is 4.64. The molecule has 0 aliphatic heterocycles. The fraction of sp³-hybridized carbons (Fsp3) is 0.455. The van der Waals surface area contributed by atoms with Crippen molar-refractivity contribution in [3.8, 4) is 0 Å². The topological polar surface area (TPSA) is 55.4 Å². The maximum atomic E-state index is 13.0. The van der Waals surface area contributed by atoms with Crippen molar-refractivity contribution in [1.82, 2.24) is 4.72 Å². The molecule has 1 atom stereocenters. The Balaban J connectivity index is 2.86. The predicted octanol–water partition coefficient (Wildman–Crippen LogP) is 1.90. The van der Waals surface area contributed by atoms with Crippen molar-refractivity contribution < 1.29 is 17.5 Å². The first-order chi connectivity index (χ1) is 8.49. The summed E-state index contributed by atoms with van der Waals surface area (Å²) >= 11 is 3.25. The maximum absolute atomic E-state index is 13.0. The molecule has 0 radical (unpaired) electrons. The number of methoxy groups -OCH3 is 1. The first-order valence-corrected chi connectivity index (χ1v) is 7.93. The van der Waals surface area contributed by atoms with Gasteiger partial charge in [-0.3, -0.25) is 0 Å². The summed E-state index contributed by atoms with van der Waals surface area (Å²) in [6.07, 6.45) is 0.586. The number of alkyl halides is 1. The zero-order valence-electron chi connectivity index (χ0n) is 9.90. The fourth-order valence-corrected chi connectivity index (χ4v) is 3.27. The van der Waals surface area contributed by atoms with E-state index in [0.29, 0.717) is 11.8 Å². The van der Waals surface area contributed by atoms with Crippen molar-refractivity contribution in [2.45, 2.75) is 17.4 Å². The van der Waals surface area contributed by atoms with Gasteiger partial charge < -0.3 is 4.74 Å². The van der Waals surface area contributed by atoms with E-state index in [-0.39, 0.29) is 17.5 Å². The van der Waals surface area contributed by atoms with Crippen molar-refractivity contribution in [3.05, 3.63) is 30.1 Å². The standard InChI is InChI=1S/C11H15BrFNO3S/c1-17-8-10(5-6-12)14-18(15,16)11-4-2-3-9(13)7-11/h2-4,7,10,14H,5-6,8H2,1H3. The van der Waals surface area contributed by atoms with Crippen LogP contribution in [0.4, 0.5) is 4.39 Å². The lowest BCUT2D eigenvalue weighted by molar-refractivity contribution is 0.173. The Morgan fingerprint density at radius 1 is 1.50 bits per heavy atom. The van der Waals surface area contributed by atoms with E-state index in [9.17, 15) is 12.8 Å². The van der Waals surface area contributed by atoms with Crippen molar-refractivity contribution >= 4 is 26.0 Å². The normalized spacial score (nSPS) is 13.5. The van der Waals surface area contributed by atoms with Crippen LogP contribution in [-0.2, 0) is 14.8 Å². The quantitative estimate of drug-likeness (QED) is 0.772. The molecule has 0 amide bonds. The maximum Gasteiger partial charge on any atom is 0.241 e. The molecule has 0 spiro atoms. The number of hydrogen-bond acceptors (Lipinski definition) is 3. The highest BCUT2D eigenvalue weighted by Gasteiger charge is 2.20. The van der Waals surface area contributed by atoms with Gasteiger partial charge in [0.2, 0.25) is 10.0 Å². The van der Waals surface area contributed by atoms with Crippen LogP contribution in [0.15, 0.2) is 29.2 Å². The van der Waals surface area contributed by atoms with E-state index in [1.807, 2.05) is 0 Å². The molecule has 1 aromatic rings. The molecule has 1 aromatic carbocycles. The molecule has 0 bridgehead atoms. The van der Waals surface area contributed by atoms with Crippen LogP contribution in [-0.4, -0.2) is 33.5 Å². The van der Waals surface area contributed by atoms with E-state index >= 15 is 0 Å². The number of ether oxygens (including phenoxy) is 1. The Kier molecular flexibility index (Phi) is 6.20. The van der Waals surface area contributed by atoms with Crippen molar-refractivity contribution in [1.29, 1.82) is 0 Å². The molecule has 7 heteroatoms. The van der Waals surface area contributed by atoms with Crippen LogP contribution in [0.5, 0.6) is 0 Å². The Bertz CT molecular complexity index is 475. The summed E-state index contributed by atoms with van der Waals surface area (Å²) in [5.41, 5.74) is 0. The molecule has 1 unspecified atom stereocenters. The second-order valence-corrected chi connectivity index (χ2v) is 6.22. The van der Waals surface area contributed by atoms with Gasteiger partial charge in [-0.25, -0.2) is 17.5 Å². The Hall–Kier alpha value is -0.500. The minimum atomic E-state index is -3.72. The van der Waals surface area contributed by atoms with E-state index in [2.05, 4.69) is 20.7 Å². The lowest BCUT2D eigenvalue weighted by atomic mass is 10.3. The highest BCUT2D eigenvalue weighted by atomic mass is 79.9. The van der Waals surface area contributed by atoms with Crippen LogP contribution >= 0.6 is 15.9 Å². The molecule has 0 fully saturated rings. The lowest BCUT2D eigenvalue weighted by Crippen LogP contribution is -2.38. The first-order valence-electron chi connectivity index (χ1n) is 5.32. The van der Waals surface area contributed by atoms with Crippen LogP contribution in [0, 0.1) is 5.82 Å². The predicted molar refractivity (Wildman–Crippen MR) is 70.8 cm³/mol. The largest absolute Gasteiger partial charge is 0.383 e. The number of benzene rings is 1. The van der Waals surface area contributed by atoms with Crippen LogP contribution < -0.4 is 4.72 Å². The summed E-state index contributed by atoms with van der Waals surface area (Å²) in [5.74, 6) is -0.582. The van der Waals surface area contributed by atoms with Crippen LogP contribution in [0.1, 0.15) is 6.42 Å². The highest BCUT2D eigenvalue weighted by Crippen LogP contribution is 2.12. The van der Waals surface area contributed by atoms with E-state index in [1.165, 1.54) is 25.3 Å². The van der Waals surface area contributed by atoms with Gasteiger partial charge in [0.1, 0.15) is 5.82 Å². The van der Waals surface area contributed by atoms with Crippen LogP contribution in [0.3, 0.4) is 0 Å². The van der Waals surface area contributed by atoms with E-state index < -0.39 is 15.8 Å². The highest BCUT2D eigenvalue weighted by molar-refractivity contribution is 9.09. The SMILES string of the molecule is COCC(CCBr)NS(=O)(=O)c1cccc(F)c1. The number of nitrogens with one attached hydrogen (secondary N) is 1. The summed E-state index contributed by atoms with van der Waals surface area (Å²) < 4.78 is 44.4. The van der Waals surface area contributed by atoms with Gasteiger partial charge in [0.25, 0.3) is 0 Å². The smallest absolute Gasteiger partial charge is 0.241 e. The summed E-state index contributed by atoms with van der Waals surface area (Å²) in [4.78, 5) is -0.0850. The van der Waals surface area contributed by atoms with Gasteiger partial charge in [-0.2, -0.15) is 0 Å². The Morgan fingerprint density at radius 2 is 2.22 bits per heavy atom. The van der Waals surface area contributed by atoms with Crippen molar-refractivity contribution in [3.63, 3.8) is 0 Å². The molecule has 0 saturated carbocycles. The number of rotatable bonds is 7.